The second-order valence-electron chi connectivity index (χ2n) is 3.36. The highest BCUT2D eigenvalue weighted by molar-refractivity contribution is 9.10. The van der Waals surface area contributed by atoms with Gasteiger partial charge in [0.05, 0.1) is 6.10 Å². The summed E-state index contributed by atoms with van der Waals surface area (Å²) in [4.78, 5) is 0. The van der Waals surface area contributed by atoms with E-state index in [1.807, 2.05) is 36.4 Å². The summed E-state index contributed by atoms with van der Waals surface area (Å²) in [7, 11) is 0. The summed E-state index contributed by atoms with van der Waals surface area (Å²) < 4.78 is 0.911. The lowest BCUT2D eigenvalue weighted by Crippen LogP contribution is -1.95. The Hall–Kier alpha value is -1.12. The molecule has 0 saturated heterocycles. The van der Waals surface area contributed by atoms with E-state index in [-0.39, 0.29) is 0 Å². The van der Waals surface area contributed by atoms with Crippen LogP contribution in [0.2, 0.25) is 0 Å². The molecular weight excluding hydrogens is 252 g/mol. The first kappa shape index (κ1) is 10.4. The summed E-state index contributed by atoms with van der Waals surface area (Å²) in [5, 5.41) is 12.0. The second-order valence-corrected chi connectivity index (χ2v) is 4.22. The molecule has 0 bridgehead atoms. The molecule has 0 aliphatic rings. The van der Waals surface area contributed by atoms with E-state index in [1.54, 1.807) is 0 Å². The number of benzene rings is 2. The van der Waals surface area contributed by atoms with Gasteiger partial charge in [0, 0.05) is 10.0 Å². The third kappa shape index (κ3) is 1.83. The molecule has 0 radical (unpaired) electrons. The first-order chi connectivity index (χ1) is 7.24. The van der Waals surface area contributed by atoms with Crippen molar-refractivity contribution in [3.05, 3.63) is 59.1 Å². The molecule has 1 atom stereocenters. The molecule has 2 heteroatoms. The fourth-order valence-corrected chi connectivity index (χ4v) is 2.27. The van der Waals surface area contributed by atoms with Crippen LogP contribution in [0, 0.1) is 0 Å². The first-order valence-electron chi connectivity index (χ1n) is 4.72. The molecule has 76 valence electrons. The van der Waals surface area contributed by atoms with Crippen molar-refractivity contribution < 1.29 is 5.11 Å². The fraction of sp³-hybridized carbons (Fsp3) is 0.0769. The Balaban J connectivity index is 2.79. The first-order valence-corrected chi connectivity index (χ1v) is 5.51. The predicted molar refractivity (Wildman–Crippen MR) is 66.8 cm³/mol. The third-order valence-corrected chi connectivity index (χ3v) is 3.13. The maximum Gasteiger partial charge on any atom is 0.0986 e. The van der Waals surface area contributed by atoms with Crippen molar-refractivity contribution in [1.29, 1.82) is 0 Å². The van der Waals surface area contributed by atoms with Crippen LogP contribution in [0.25, 0.3) is 10.8 Å². The molecule has 0 saturated carbocycles. The standard InChI is InChI=1S/C13H11BrO/c1-2-12(15)13-10-6-4-3-5-9(10)7-8-11(13)14/h2-8,12,15H,1H2. The summed E-state index contributed by atoms with van der Waals surface area (Å²) in [5.74, 6) is 0. The monoisotopic (exact) mass is 262 g/mol. The number of aliphatic hydroxyl groups is 1. The van der Waals surface area contributed by atoms with E-state index >= 15 is 0 Å². The summed E-state index contributed by atoms with van der Waals surface area (Å²) >= 11 is 3.45. The van der Waals surface area contributed by atoms with Gasteiger partial charge in [-0.25, -0.2) is 0 Å². The lowest BCUT2D eigenvalue weighted by molar-refractivity contribution is 0.230. The van der Waals surface area contributed by atoms with Crippen LogP contribution in [-0.2, 0) is 0 Å². The molecule has 2 rings (SSSR count). The average molecular weight is 263 g/mol. The average Bonchev–Trinajstić information content (AvgIpc) is 2.28. The summed E-state index contributed by atoms with van der Waals surface area (Å²) in [6, 6.07) is 12.0. The van der Waals surface area contributed by atoms with E-state index in [0.29, 0.717) is 0 Å². The molecule has 15 heavy (non-hydrogen) atoms. The number of hydrogen-bond acceptors (Lipinski definition) is 1. The molecule has 0 spiro atoms. The lowest BCUT2D eigenvalue weighted by Gasteiger charge is -2.12. The van der Waals surface area contributed by atoms with Gasteiger partial charge in [-0.15, -0.1) is 6.58 Å². The van der Waals surface area contributed by atoms with Gasteiger partial charge in [-0.05, 0) is 16.8 Å². The zero-order chi connectivity index (χ0) is 10.8. The van der Waals surface area contributed by atoms with Crippen LogP contribution in [0.5, 0.6) is 0 Å². The van der Waals surface area contributed by atoms with Crippen molar-refractivity contribution in [2.24, 2.45) is 0 Å². The highest BCUT2D eigenvalue weighted by Crippen LogP contribution is 2.31. The topological polar surface area (TPSA) is 20.2 Å². The van der Waals surface area contributed by atoms with Crippen molar-refractivity contribution in [2.75, 3.05) is 0 Å². The minimum absolute atomic E-state index is 0.634. The van der Waals surface area contributed by atoms with Crippen LogP contribution >= 0.6 is 15.9 Å². The van der Waals surface area contributed by atoms with Crippen LogP contribution in [0.3, 0.4) is 0 Å². The quantitative estimate of drug-likeness (QED) is 0.816. The van der Waals surface area contributed by atoms with E-state index in [2.05, 4.69) is 22.5 Å². The van der Waals surface area contributed by atoms with E-state index in [0.717, 1.165) is 20.8 Å². The second kappa shape index (κ2) is 4.17. The van der Waals surface area contributed by atoms with Crippen molar-refractivity contribution in [3.63, 3.8) is 0 Å². The van der Waals surface area contributed by atoms with Crippen LogP contribution in [0.15, 0.2) is 53.5 Å². The Morgan fingerprint density at radius 1 is 1.20 bits per heavy atom. The third-order valence-electron chi connectivity index (χ3n) is 2.44. The Labute approximate surface area is 97.2 Å². The van der Waals surface area contributed by atoms with E-state index in [1.165, 1.54) is 6.08 Å². The van der Waals surface area contributed by atoms with Gasteiger partial charge in [0.1, 0.15) is 0 Å². The number of aliphatic hydroxyl groups excluding tert-OH is 1. The fourth-order valence-electron chi connectivity index (χ4n) is 1.69. The van der Waals surface area contributed by atoms with Crippen LogP contribution in [0.4, 0.5) is 0 Å². The molecule has 0 aromatic heterocycles. The Morgan fingerprint density at radius 2 is 1.93 bits per heavy atom. The largest absolute Gasteiger partial charge is 0.384 e. The molecule has 0 heterocycles. The van der Waals surface area contributed by atoms with Crippen molar-refractivity contribution in [3.8, 4) is 0 Å². The van der Waals surface area contributed by atoms with Crippen molar-refractivity contribution >= 4 is 26.7 Å². The number of rotatable bonds is 2. The normalized spacial score (nSPS) is 12.7. The molecule has 0 aliphatic heterocycles. The lowest BCUT2D eigenvalue weighted by atomic mass is 10.0. The minimum atomic E-state index is -0.634. The van der Waals surface area contributed by atoms with Gasteiger partial charge < -0.3 is 5.11 Å². The molecule has 0 fully saturated rings. The van der Waals surface area contributed by atoms with Gasteiger partial charge in [-0.3, -0.25) is 0 Å². The summed E-state index contributed by atoms with van der Waals surface area (Å²) in [6.45, 7) is 3.61. The molecule has 2 aromatic rings. The molecule has 1 nitrogen and oxygen atoms in total. The summed E-state index contributed by atoms with van der Waals surface area (Å²) in [5.41, 5.74) is 0.878. The maximum atomic E-state index is 9.86. The molecule has 1 unspecified atom stereocenters. The van der Waals surface area contributed by atoms with Crippen LogP contribution in [0.1, 0.15) is 11.7 Å². The predicted octanol–water partition coefficient (Wildman–Crippen LogP) is 3.82. The van der Waals surface area contributed by atoms with E-state index in [4.69, 9.17) is 0 Å². The van der Waals surface area contributed by atoms with E-state index in [9.17, 15) is 5.11 Å². The molecular formula is C13H11BrO. The number of fused-ring (bicyclic) bond motifs is 1. The Kier molecular flexibility index (Phi) is 2.89. The van der Waals surface area contributed by atoms with Gasteiger partial charge in [0.25, 0.3) is 0 Å². The molecule has 0 aliphatic carbocycles. The van der Waals surface area contributed by atoms with Crippen LogP contribution < -0.4 is 0 Å². The zero-order valence-corrected chi connectivity index (χ0v) is 9.74. The molecule has 1 N–H and O–H groups in total. The number of hydrogen-bond donors (Lipinski definition) is 1. The highest BCUT2D eigenvalue weighted by Gasteiger charge is 2.11. The molecule has 2 aromatic carbocycles. The number of halogens is 1. The van der Waals surface area contributed by atoms with Crippen molar-refractivity contribution in [1.82, 2.24) is 0 Å². The van der Waals surface area contributed by atoms with Gasteiger partial charge in [-0.2, -0.15) is 0 Å². The Bertz CT molecular complexity index is 505. The van der Waals surface area contributed by atoms with E-state index < -0.39 is 6.10 Å². The highest BCUT2D eigenvalue weighted by atomic mass is 79.9. The Morgan fingerprint density at radius 3 is 2.67 bits per heavy atom. The van der Waals surface area contributed by atoms with Gasteiger partial charge >= 0.3 is 0 Å². The van der Waals surface area contributed by atoms with Gasteiger partial charge in [0.2, 0.25) is 0 Å². The molecule has 0 amide bonds. The van der Waals surface area contributed by atoms with Crippen LogP contribution in [-0.4, -0.2) is 5.11 Å². The SMILES string of the molecule is C=CC(O)c1c(Br)ccc2ccccc12. The van der Waals surface area contributed by atoms with Gasteiger partial charge in [0.15, 0.2) is 0 Å². The van der Waals surface area contributed by atoms with Gasteiger partial charge in [-0.1, -0.05) is 52.3 Å². The smallest absolute Gasteiger partial charge is 0.0986 e. The van der Waals surface area contributed by atoms with Crippen molar-refractivity contribution in [2.45, 2.75) is 6.10 Å². The minimum Gasteiger partial charge on any atom is -0.384 e. The maximum absolute atomic E-state index is 9.86. The summed E-state index contributed by atoms with van der Waals surface area (Å²) in [6.07, 6.45) is 0.900. The zero-order valence-electron chi connectivity index (χ0n) is 8.15.